The minimum Gasteiger partial charge on any atom is -0.307 e. The SMILES string of the molecule is C=Cc1c(/C=C\C)c2ccc(-c3ccc(-n4c5ccncc5c5ccc6c(c54)N(c4ccccc4)c4ccccc4-c4ccccc4-6)cc3)cc2c2ccccc12. The van der Waals surface area contributed by atoms with Crippen LogP contribution < -0.4 is 4.90 Å². The second-order valence-corrected chi connectivity index (χ2v) is 14.7. The van der Waals surface area contributed by atoms with E-state index in [0.717, 1.165) is 44.6 Å². The lowest BCUT2D eigenvalue weighted by Gasteiger charge is -2.28. The molecule has 1 aliphatic rings. The standard InChI is InChI=1S/C54H37N3/c1-3-14-40-39(4-2)41-17-8-11-20-44(41)49-33-36(25-28-45(40)49)35-23-26-38(27-24-35)57-52-31-32-55-34-50(52)48-30-29-47-43-19-10-9-18-42(43)46-21-12-13-22-51(46)56(53(47)54(48)57)37-15-6-5-7-16-37/h3-34H,2H2,1H3/b14-3-. The summed E-state index contributed by atoms with van der Waals surface area (Å²) in [7, 11) is 0. The van der Waals surface area contributed by atoms with Crippen LogP contribution in [0.4, 0.5) is 17.1 Å². The Morgan fingerprint density at radius 3 is 1.96 bits per heavy atom. The van der Waals surface area contributed by atoms with Crippen LogP contribution >= 0.6 is 0 Å². The van der Waals surface area contributed by atoms with E-state index in [0.29, 0.717) is 0 Å². The fraction of sp³-hybridized carbons (Fsp3) is 0.0185. The Hall–Kier alpha value is -7.49. The summed E-state index contributed by atoms with van der Waals surface area (Å²) < 4.78 is 2.44. The van der Waals surface area contributed by atoms with E-state index in [1.54, 1.807) is 0 Å². The number of nitrogens with zero attached hydrogens (tertiary/aromatic N) is 3. The molecule has 3 heteroatoms. The van der Waals surface area contributed by atoms with E-state index in [-0.39, 0.29) is 0 Å². The van der Waals surface area contributed by atoms with Crippen LogP contribution in [0.3, 0.4) is 0 Å². The van der Waals surface area contributed by atoms with E-state index < -0.39 is 0 Å². The summed E-state index contributed by atoms with van der Waals surface area (Å²) in [6.07, 6.45) is 10.2. The number of aromatic nitrogens is 2. The molecule has 3 heterocycles. The zero-order valence-corrected chi connectivity index (χ0v) is 31.5. The molecule has 3 nitrogen and oxygen atoms in total. The molecule has 0 amide bonds. The highest BCUT2D eigenvalue weighted by Crippen LogP contribution is 2.54. The number of fused-ring (bicyclic) bond motifs is 12. The van der Waals surface area contributed by atoms with Gasteiger partial charge in [-0.25, -0.2) is 0 Å². The van der Waals surface area contributed by atoms with Gasteiger partial charge in [-0.2, -0.15) is 0 Å². The molecule has 10 aromatic rings. The van der Waals surface area contributed by atoms with E-state index >= 15 is 0 Å². The van der Waals surface area contributed by atoms with E-state index in [1.807, 2.05) is 18.5 Å². The first-order chi connectivity index (χ1) is 28.2. The molecule has 11 rings (SSSR count). The van der Waals surface area contributed by atoms with Gasteiger partial charge in [0.25, 0.3) is 0 Å². The molecule has 0 fully saturated rings. The van der Waals surface area contributed by atoms with Gasteiger partial charge in [-0.1, -0.05) is 146 Å². The van der Waals surface area contributed by atoms with Gasteiger partial charge >= 0.3 is 0 Å². The number of rotatable bonds is 5. The second kappa shape index (κ2) is 13.1. The summed E-state index contributed by atoms with van der Waals surface area (Å²) >= 11 is 0. The van der Waals surface area contributed by atoms with Crippen molar-refractivity contribution in [1.82, 2.24) is 9.55 Å². The van der Waals surface area contributed by atoms with E-state index in [4.69, 9.17) is 0 Å². The normalized spacial score (nSPS) is 12.3. The quantitative estimate of drug-likeness (QED) is 0.165. The van der Waals surface area contributed by atoms with Crippen LogP contribution in [0.5, 0.6) is 0 Å². The summed E-state index contributed by atoms with van der Waals surface area (Å²) in [5.41, 5.74) is 16.3. The Labute approximate surface area is 331 Å². The van der Waals surface area contributed by atoms with E-state index in [2.05, 4.69) is 204 Å². The fourth-order valence-corrected chi connectivity index (χ4v) is 9.25. The number of pyridine rings is 1. The predicted molar refractivity (Wildman–Crippen MR) is 243 cm³/mol. The van der Waals surface area contributed by atoms with E-state index in [1.165, 1.54) is 66.1 Å². The Kier molecular flexibility index (Phi) is 7.55. The maximum Gasteiger partial charge on any atom is 0.0789 e. The highest BCUT2D eigenvalue weighted by atomic mass is 15.2. The van der Waals surface area contributed by atoms with Crippen molar-refractivity contribution in [3.63, 3.8) is 0 Å². The third kappa shape index (κ3) is 4.96. The molecule has 0 saturated carbocycles. The first kappa shape index (κ1) is 32.9. The molecule has 0 unspecified atom stereocenters. The number of allylic oxidation sites excluding steroid dienone is 1. The molecule has 268 valence electrons. The molecule has 0 radical (unpaired) electrons. The van der Waals surface area contributed by atoms with Crippen LogP contribution in [0.2, 0.25) is 0 Å². The first-order valence-electron chi connectivity index (χ1n) is 19.5. The lowest BCUT2D eigenvalue weighted by atomic mass is 9.89. The number of anilines is 3. The van der Waals surface area contributed by atoms with Crippen LogP contribution in [0, 0.1) is 0 Å². The largest absolute Gasteiger partial charge is 0.307 e. The highest BCUT2D eigenvalue weighted by Gasteiger charge is 2.30. The topological polar surface area (TPSA) is 21.1 Å². The summed E-state index contributed by atoms with van der Waals surface area (Å²) in [6.45, 7) is 6.26. The van der Waals surface area contributed by atoms with Crippen LogP contribution in [0.1, 0.15) is 18.1 Å². The monoisotopic (exact) mass is 727 g/mol. The van der Waals surface area contributed by atoms with Gasteiger partial charge in [-0.15, -0.1) is 0 Å². The average molecular weight is 728 g/mol. The van der Waals surface area contributed by atoms with Gasteiger partial charge in [-0.3, -0.25) is 4.98 Å². The molecule has 0 atom stereocenters. The molecule has 0 spiro atoms. The molecule has 0 saturated heterocycles. The summed E-state index contributed by atoms with van der Waals surface area (Å²) in [5.74, 6) is 0. The van der Waals surface area contributed by atoms with Gasteiger partial charge < -0.3 is 9.47 Å². The Morgan fingerprint density at radius 1 is 0.509 bits per heavy atom. The number of hydrogen-bond donors (Lipinski definition) is 0. The molecule has 0 aliphatic carbocycles. The van der Waals surface area contributed by atoms with Crippen LogP contribution in [0.15, 0.2) is 189 Å². The van der Waals surface area contributed by atoms with Crippen LogP contribution in [-0.2, 0) is 0 Å². The molecule has 0 N–H and O–H groups in total. The van der Waals surface area contributed by atoms with Crippen molar-refractivity contribution in [2.75, 3.05) is 4.90 Å². The minimum atomic E-state index is 1.09. The smallest absolute Gasteiger partial charge is 0.0789 e. The second-order valence-electron chi connectivity index (χ2n) is 14.7. The predicted octanol–water partition coefficient (Wildman–Crippen LogP) is 14.9. The maximum atomic E-state index is 4.64. The molecular formula is C54H37N3. The van der Waals surface area contributed by atoms with Crippen molar-refractivity contribution in [1.29, 1.82) is 0 Å². The van der Waals surface area contributed by atoms with Crippen molar-refractivity contribution in [2.24, 2.45) is 0 Å². The number of benzene rings is 8. The van der Waals surface area contributed by atoms with Crippen LogP contribution in [0.25, 0.3) is 94.6 Å². The molecule has 8 aromatic carbocycles. The lowest BCUT2D eigenvalue weighted by Crippen LogP contribution is -2.12. The fourth-order valence-electron chi connectivity index (χ4n) is 9.25. The molecule has 57 heavy (non-hydrogen) atoms. The third-order valence-electron chi connectivity index (χ3n) is 11.7. The summed E-state index contributed by atoms with van der Waals surface area (Å²) in [5, 5.41) is 7.21. The minimum absolute atomic E-state index is 1.09. The van der Waals surface area contributed by atoms with Crippen molar-refractivity contribution in [2.45, 2.75) is 6.92 Å². The number of para-hydroxylation sites is 2. The van der Waals surface area contributed by atoms with Gasteiger partial charge in [0.2, 0.25) is 0 Å². The van der Waals surface area contributed by atoms with Gasteiger partial charge in [0.15, 0.2) is 0 Å². The average Bonchev–Trinajstić information content (AvgIpc) is 3.55. The Balaban J connectivity index is 1.16. The first-order valence-corrected chi connectivity index (χ1v) is 19.5. The van der Waals surface area contributed by atoms with Gasteiger partial charge in [0.1, 0.15) is 0 Å². The summed E-state index contributed by atoms with van der Waals surface area (Å²) in [6, 6.07) is 59.8. The highest BCUT2D eigenvalue weighted by molar-refractivity contribution is 6.19. The number of hydrogen-bond acceptors (Lipinski definition) is 2. The van der Waals surface area contributed by atoms with Crippen LogP contribution in [-0.4, -0.2) is 9.55 Å². The van der Waals surface area contributed by atoms with Crippen molar-refractivity contribution < 1.29 is 0 Å². The Bertz CT molecular complexity index is 3260. The van der Waals surface area contributed by atoms with Gasteiger partial charge in [0.05, 0.1) is 22.4 Å². The molecule has 0 bridgehead atoms. The maximum absolute atomic E-state index is 4.64. The van der Waals surface area contributed by atoms with E-state index in [9.17, 15) is 0 Å². The zero-order chi connectivity index (χ0) is 38.0. The van der Waals surface area contributed by atoms with Gasteiger partial charge in [-0.05, 0) is 104 Å². The molecular weight excluding hydrogens is 691 g/mol. The lowest BCUT2D eigenvalue weighted by molar-refractivity contribution is 1.16. The van der Waals surface area contributed by atoms with Crippen molar-refractivity contribution >= 4 is 72.6 Å². The third-order valence-corrected chi connectivity index (χ3v) is 11.7. The zero-order valence-electron chi connectivity index (χ0n) is 31.5. The van der Waals surface area contributed by atoms with Crippen molar-refractivity contribution in [3.05, 3.63) is 200 Å². The van der Waals surface area contributed by atoms with Crippen molar-refractivity contribution in [3.8, 4) is 39.1 Å². The Morgan fingerprint density at radius 2 is 1.18 bits per heavy atom. The molecule has 2 aromatic heterocycles. The molecule has 1 aliphatic heterocycles. The summed E-state index contributed by atoms with van der Waals surface area (Å²) in [4.78, 5) is 7.10. The van der Waals surface area contributed by atoms with Gasteiger partial charge in [0, 0.05) is 45.7 Å².